The van der Waals surface area contributed by atoms with Gasteiger partial charge < -0.3 is 10.1 Å². The Morgan fingerprint density at radius 1 is 1.00 bits per heavy atom. The van der Waals surface area contributed by atoms with E-state index in [0.29, 0.717) is 30.3 Å². The molecule has 7 nitrogen and oxygen atoms in total. The molecule has 0 saturated carbocycles. The Morgan fingerprint density at radius 2 is 1.73 bits per heavy atom. The summed E-state index contributed by atoms with van der Waals surface area (Å²) in [4.78, 5) is 32.9. The zero-order valence-electron chi connectivity index (χ0n) is 16.6. The molecule has 1 N–H and O–H groups in total. The van der Waals surface area contributed by atoms with Crippen LogP contribution in [0.3, 0.4) is 0 Å². The number of ether oxygens (including phenoxy) is 1. The molecule has 1 aromatic heterocycles. The molecule has 3 aromatic rings. The number of urea groups is 1. The van der Waals surface area contributed by atoms with Crippen molar-refractivity contribution in [2.75, 3.05) is 35.3 Å². The molecule has 4 rings (SSSR count). The van der Waals surface area contributed by atoms with Crippen LogP contribution in [0.2, 0.25) is 0 Å². The van der Waals surface area contributed by atoms with E-state index in [1.165, 1.54) is 0 Å². The van der Waals surface area contributed by atoms with E-state index < -0.39 is 0 Å². The van der Waals surface area contributed by atoms with Gasteiger partial charge in [0.05, 0.1) is 25.4 Å². The third kappa shape index (κ3) is 4.10. The van der Waals surface area contributed by atoms with Crippen molar-refractivity contribution in [1.82, 2.24) is 4.98 Å². The summed E-state index contributed by atoms with van der Waals surface area (Å²) >= 11 is 0. The number of rotatable bonds is 6. The second kappa shape index (κ2) is 8.65. The first-order chi connectivity index (χ1) is 14.7. The van der Waals surface area contributed by atoms with Crippen LogP contribution in [0.4, 0.5) is 22.0 Å². The Kier molecular flexibility index (Phi) is 5.61. The van der Waals surface area contributed by atoms with Gasteiger partial charge in [-0.15, -0.1) is 0 Å². The maximum Gasteiger partial charge on any atom is 0.330 e. The average molecular weight is 402 g/mol. The second-order valence-corrected chi connectivity index (χ2v) is 6.86. The van der Waals surface area contributed by atoms with Gasteiger partial charge in [0, 0.05) is 24.3 Å². The lowest BCUT2D eigenvalue weighted by atomic mass is 10.1. The molecular formula is C23H22N4O3. The number of hydrogen-bond donors (Lipinski definition) is 1. The van der Waals surface area contributed by atoms with E-state index in [9.17, 15) is 9.59 Å². The van der Waals surface area contributed by atoms with E-state index in [-0.39, 0.29) is 18.4 Å². The van der Waals surface area contributed by atoms with Gasteiger partial charge in [-0.25, -0.2) is 9.78 Å². The smallest absolute Gasteiger partial charge is 0.330 e. The molecule has 0 atom stereocenters. The normalized spacial score (nSPS) is 13.4. The van der Waals surface area contributed by atoms with Gasteiger partial charge in [0.15, 0.2) is 0 Å². The number of benzene rings is 2. The number of nitrogens with zero attached hydrogens (tertiary/aromatic N) is 3. The monoisotopic (exact) mass is 402 g/mol. The van der Waals surface area contributed by atoms with Crippen LogP contribution in [-0.4, -0.2) is 37.1 Å². The Hall–Kier alpha value is -3.87. The molecule has 1 saturated heterocycles. The molecule has 7 heteroatoms. The zero-order valence-corrected chi connectivity index (χ0v) is 16.6. The molecule has 0 radical (unpaired) electrons. The van der Waals surface area contributed by atoms with Gasteiger partial charge in [-0.05, 0) is 30.3 Å². The summed E-state index contributed by atoms with van der Waals surface area (Å²) in [7, 11) is 1.58. The van der Waals surface area contributed by atoms with Crippen molar-refractivity contribution < 1.29 is 14.3 Å². The number of carbonyl (C=O) groups excluding carboxylic acids is 2. The Bertz CT molecular complexity index is 1040. The Labute approximate surface area is 174 Å². The van der Waals surface area contributed by atoms with Crippen molar-refractivity contribution in [3.05, 3.63) is 78.5 Å². The van der Waals surface area contributed by atoms with Crippen LogP contribution in [0.5, 0.6) is 5.75 Å². The van der Waals surface area contributed by atoms with Crippen molar-refractivity contribution in [1.29, 1.82) is 0 Å². The summed E-state index contributed by atoms with van der Waals surface area (Å²) in [5, 5.41) is 2.83. The Morgan fingerprint density at radius 3 is 2.47 bits per heavy atom. The van der Waals surface area contributed by atoms with Gasteiger partial charge in [-0.1, -0.05) is 36.4 Å². The highest BCUT2D eigenvalue weighted by Crippen LogP contribution is 2.24. The first-order valence-electron chi connectivity index (χ1n) is 9.67. The zero-order chi connectivity index (χ0) is 20.9. The lowest BCUT2D eigenvalue weighted by Gasteiger charge is -2.18. The largest absolute Gasteiger partial charge is 0.496 e. The lowest BCUT2D eigenvalue weighted by molar-refractivity contribution is -0.115. The van der Waals surface area contributed by atoms with Crippen LogP contribution in [0.15, 0.2) is 72.9 Å². The van der Waals surface area contributed by atoms with E-state index in [4.69, 9.17) is 4.74 Å². The molecule has 30 heavy (non-hydrogen) atoms. The third-order valence-electron chi connectivity index (χ3n) is 4.93. The number of pyridine rings is 1. The molecule has 3 amide bonds. The predicted molar refractivity (Wildman–Crippen MR) is 116 cm³/mol. The molecule has 0 spiro atoms. The number of nitrogens with one attached hydrogen (secondary N) is 1. The first-order valence-corrected chi connectivity index (χ1v) is 9.67. The van der Waals surface area contributed by atoms with E-state index in [1.54, 1.807) is 35.2 Å². The highest BCUT2D eigenvalue weighted by molar-refractivity contribution is 6.05. The molecule has 1 aliphatic rings. The molecule has 2 heterocycles. The van der Waals surface area contributed by atoms with Crippen LogP contribution in [0.25, 0.3) is 0 Å². The van der Waals surface area contributed by atoms with Crippen LogP contribution in [-0.2, 0) is 11.2 Å². The number of para-hydroxylation sites is 2. The summed E-state index contributed by atoms with van der Waals surface area (Å²) in [6.07, 6.45) is 1.76. The van der Waals surface area contributed by atoms with Crippen LogP contribution < -0.4 is 19.9 Å². The number of carbonyl (C=O) groups is 2. The van der Waals surface area contributed by atoms with Gasteiger partial charge >= 0.3 is 6.03 Å². The summed E-state index contributed by atoms with van der Waals surface area (Å²) in [6.45, 7) is 1.15. The lowest BCUT2D eigenvalue weighted by Crippen LogP contribution is -2.32. The fourth-order valence-corrected chi connectivity index (χ4v) is 3.44. The average Bonchev–Trinajstić information content (AvgIpc) is 3.16. The summed E-state index contributed by atoms with van der Waals surface area (Å²) in [5.74, 6) is 1.07. The third-order valence-corrected chi connectivity index (χ3v) is 4.93. The van der Waals surface area contributed by atoms with E-state index in [0.717, 1.165) is 11.3 Å². The molecule has 2 aromatic carbocycles. The minimum absolute atomic E-state index is 0.110. The van der Waals surface area contributed by atoms with Gasteiger partial charge in [-0.3, -0.25) is 14.6 Å². The predicted octanol–water partition coefficient (Wildman–Crippen LogP) is 3.72. The number of anilines is 3. The van der Waals surface area contributed by atoms with Crippen molar-refractivity contribution >= 4 is 29.1 Å². The number of hydrogen-bond acceptors (Lipinski definition) is 4. The fraction of sp³-hybridized carbons (Fsp3) is 0.174. The molecular weight excluding hydrogens is 380 g/mol. The molecule has 0 aliphatic carbocycles. The summed E-state index contributed by atoms with van der Waals surface area (Å²) < 4.78 is 5.29. The van der Waals surface area contributed by atoms with Gasteiger partial charge in [0.1, 0.15) is 11.6 Å². The minimum atomic E-state index is -0.165. The maximum absolute atomic E-state index is 12.8. The van der Waals surface area contributed by atoms with E-state index in [1.807, 2.05) is 54.6 Å². The minimum Gasteiger partial charge on any atom is -0.496 e. The van der Waals surface area contributed by atoms with Gasteiger partial charge in [0.2, 0.25) is 5.91 Å². The van der Waals surface area contributed by atoms with Crippen molar-refractivity contribution in [2.45, 2.75) is 6.42 Å². The second-order valence-electron chi connectivity index (χ2n) is 6.86. The molecule has 1 aliphatic heterocycles. The maximum atomic E-state index is 12.8. The number of amides is 3. The van der Waals surface area contributed by atoms with Gasteiger partial charge in [0.25, 0.3) is 0 Å². The van der Waals surface area contributed by atoms with Gasteiger partial charge in [-0.2, -0.15) is 0 Å². The highest BCUT2D eigenvalue weighted by Gasteiger charge is 2.31. The molecule has 0 bridgehead atoms. The van der Waals surface area contributed by atoms with Crippen LogP contribution in [0.1, 0.15) is 5.56 Å². The quantitative estimate of drug-likeness (QED) is 0.682. The van der Waals surface area contributed by atoms with Crippen molar-refractivity contribution in [2.24, 2.45) is 0 Å². The molecule has 0 unspecified atom stereocenters. The molecule has 152 valence electrons. The van der Waals surface area contributed by atoms with E-state index in [2.05, 4.69) is 10.3 Å². The number of aromatic nitrogens is 1. The fourth-order valence-electron chi connectivity index (χ4n) is 3.44. The van der Waals surface area contributed by atoms with E-state index >= 15 is 0 Å². The SMILES string of the molecule is COc1ccccc1CC(=O)Nc1ccc(N2CCN(c3ccccc3)C2=O)nc1. The summed E-state index contributed by atoms with van der Waals surface area (Å²) in [6, 6.07) is 20.4. The summed E-state index contributed by atoms with van der Waals surface area (Å²) in [5.41, 5.74) is 2.25. The van der Waals surface area contributed by atoms with Crippen LogP contribution in [0, 0.1) is 0 Å². The van der Waals surface area contributed by atoms with Crippen molar-refractivity contribution in [3.63, 3.8) is 0 Å². The highest BCUT2D eigenvalue weighted by atomic mass is 16.5. The topological polar surface area (TPSA) is 74.8 Å². The number of methoxy groups -OCH3 is 1. The molecule has 1 fully saturated rings. The standard InChI is InChI=1S/C23H22N4O3/c1-30-20-10-6-5-7-17(20)15-22(28)25-18-11-12-21(24-16-18)27-14-13-26(23(27)29)19-8-3-2-4-9-19/h2-12,16H,13-15H2,1H3,(H,25,28). The Balaban J connectivity index is 1.40. The van der Waals surface area contributed by atoms with Crippen molar-refractivity contribution in [3.8, 4) is 5.75 Å². The first kappa shape index (κ1) is 19.4. The van der Waals surface area contributed by atoms with Crippen LogP contribution >= 0.6 is 0 Å².